The molecule has 0 saturated heterocycles. The van der Waals surface area contributed by atoms with E-state index < -0.39 is 0 Å². The van der Waals surface area contributed by atoms with E-state index >= 15 is 0 Å². The third-order valence-corrected chi connectivity index (χ3v) is 4.36. The molecule has 1 aromatic carbocycles. The molecule has 1 saturated carbocycles. The average Bonchev–Trinajstić information content (AvgIpc) is 2.40. The van der Waals surface area contributed by atoms with Crippen LogP contribution in [0.3, 0.4) is 0 Å². The molecule has 1 fully saturated rings. The molecule has 1 aliphatic carbocycles. The van der Waals surface area contributed by atoms with Crippen molar-refractivity contribution in [2.75, 3.05) is 0 Å². The molecule has 0 aliphatic heterocycles. The fourth-order valence-electron chi connectivity index (χ4n) is 2.69. The molecule has 0 heterocycles. The lowest BCUT2D eigenvalue weighted by atomic mass is 9.84. The minimum absolute atomic E-state index is 0.425. The van der Waals surface area contributed by atoms with Gasteiger partial charge in [-0.2, -0.15) is 0 Å². The van der Waals surface area contributed by atoms with Crippen LogP contribution in [0.25, 0.3) is 0 Å². The normalized spacial score (nSPS) is 24.6. The molecule has 0 radical (unpaired) electrons. The fraction of sp³-hybridized carbons (Fsp3) is 0.600. The van der Waals surface area contributed by atoms with Crippen LogP contribution >= 0.6 is 15.9 Å². The molecular weight excluding hydrogens is 276 g/mol. The summed E-state index contributed by atoms with van der Waals surface area (Å²) in [5.74, 6) is 1.81. The molecule has 0 spiro atoms. The molecule has 94 valence electrons. The first-order chi connectivity index (χ1) is 8.35. The van der Waals surface area contributed by atoms with E-state index in [4.69, 9.17) is 4.74 Å². The number of alkyl halides is 1. The third kappa shape index (κ3) is 3.25. The minimum Gasteiger partial charge on any atom is -0.490 e. The Morgan fingerprint density at radius 2 is 2.00 bits per heavy atom. The molecule has 0 bridgehead atoms. The third-order valence-electron chi connectivity index (χ3n) is 3.76. The Hall–Kier alpha value is -0.500. The lowest BCUT2D eigenvalue weighted by Crippen LogP contribution is -2.30. The molecule has 1 nitrogen and oxygen atoms in total. The van der Waals surface area contributed by atoms with Gasteiger partial charge in [0.15, 0.2) is 0 Å². The highest BCUT2D eigenvalue weighted by Gasteiger charge is 2.25. The number of halogens is 1. The van der Waals surface area contributed by atoms with Gasteiger partial charge in [-0.15, -0.1) is 0 Å². The van der Waals surface area contributed by atoms with E-state index in [1.807, 2.05) is 0 Å². The van der Waals surface area contributed by atoms with Gasteiger partial charge in [-0.1, -0.05) is 47.5 Å². The van der Waals surface area contributed by atoms with Crippen LogP contribution in [0, 0.1) is 5.92 Å². The van der Waals surface area contributed by atoms with Crippen LogP contribution in [-0.4, -0.2) is 6.10 Å². The topological polar surface area (TPSA) is 9.23 Å². The number of hydrogen-bond acceptors (Lipinski definition) is 1. The zero-order valence-corrected chi connectivity index (χ0v) is 12.1. The van der Waals surface area contributed by atoms with Crippen molar-refractivity contribution in [1.29, 1.82) is 0 Å². The molecule has 1 aromatic rings. The summed E-state index contributed by atoms with van der Waals surface area (Å²) < 4.78 is 6.25. The highest BCUT2D eigenvalue weighted by atomic mass is 79.9. The Balaban J connectivity index is 2.08. The molecule has 0 amide bonds. The van der Waals surface area contributed by atoms with E-state index in [1.54, 1.807) is 0 Å². The summed E-state index contributed by atoms with van der Waals surface area (Å²) in [6.07, 6.45) is 6.90. The van der Waals surface area contributed by atoms with Gasteiger partial charge in [-0.3, -0.25) is 0 Å². The fourth-order valence-corrected chi connectivity index (χ4v) is 3.15. The number of benzene rings is 1. The highest BCUT2D eigenvalue weighted by molar-refractivity contribution is 9.08. The molecular formula is C15H21BrO. The predicted molar refractivity (Wildman–Crippen MR) is 75.7 cm³/mol. The quantitative estimate of drug-likeness (QED) is 0.716. The molecule has 1 aliphatic rings. The maximum Gasteiger partial charge on any atom is 0.123 e. The molecule has 2 heteroatoms. The van der Waals surface area contributed by atoms with E-state index in [0.29, 0.717) is 6.10 Å². The van der Waals surface area contributed by atoms with Crippen LogP contribution in [-0.2, 0) is 5.33 Å². The monoisotopic (exact) mass is 296 g/mol. The number of hydrogen-bond donors (Lipinski definition) is 0. The molecule has 17 heavy (non-hydrogen) atoms. The van der Waals surface area contributed by atoms with E-state index in [-0.39, 0.29) is 0 Å². The van der Waals surface area contributed by atoms with E-state index in [9.17, 15) is 0 Å². The summed E-state index contributed by atoms with van der Waals surface area (Å²) in [6.45, 7) is 2.28. The van der Waals surface area contributed by atoms with Gasteiger partial charge in [0, 0.05) is 10.9 Å². The summed E-state index contributed by atoms with van der Waals surface area (Å²) >= 11 is 3.53. The zero-order valence-electron chi connectivity index (χ0n) is 10.5. The van der Waals surface area contributed by atoms with Gasteiger partial charge < -0.3 is 4.74 Å². The van der Waals surface area contributed by atoms with Crippen LogP contribution in [0.15, 0.2) is 24.3 Å². The van der Waals surface area contributed by atoms with Crippen LogP contribution in [0.5, 0.6) is 5.75 Å². The van der Waals surface area contributed by atoms with E-state index in [1.165, 1.54) is 37.7 Å². The van der Waals surface area contributed by atoms with Crippen molar-refractivity contribution >= 4 is 15.9 Å². The summed E-state index contributed by atoms with van der Waals surface area (Å²) in [7, 11) is 0. The highest BCUT2D eigenvalue weighted by Crippen LogP contribution is 2.32. The summed E-state index contributed by atoms with van der Waals surface area (Å²) in [5.41, 5.74) is 1.26. The van der Waals surface area contributed by atoms with Crippen molar-refractivity contribution in [3.05, 3.63) is 29.8 Å². The Morgan fingerprint density at radius 3 is 2.76 bits per heavy atom. The second-order valence-corrected chi connectivity index (χ2v) is 5.41. The summed E-state index contributed by atoms with van der Waals surface area (Å²) in [4.78, 5) is 0. The Labute approximate surface area is 113 Å². The van der Waals surface area contributed by atoms with Gasteiger partial charge in [-0.25, -0.2) is 0 Å². The molecule has 2 rings (SSSR count). The molecule has 0 aromatic heterocycles. The molecule has 0 N–H and O–H groups in total. The van der Waals surface area contributed by atoms with Gasteiger partial charge in [0.25, 0.3) is 0 Å². The lowest BCUT2D eigenvalue weighted by Gasteiger charge is -2.31. The number of para-hydroxylation sites is 1. The zero-order chi connectivity index (χ0) is 12.1. The first-order valence-corrected chi connectivity index (χ1v) is 7.77. The Kier molecular flexibility index (Phi) is 4.90. The lowest BCUT2D eigenvalue weighted by molar-refractivity contribution is 0.0896. The second-order valence-electron chi connectivity index (χ2n) is 4.85. The van der Waals surface area contributed by atoms with Crippen molar-refractivity contribution in [2.45, 2.75) is 50.5 Å². The first-order valence-electron chi connectivity index (χ1n) is 6.65. The minimum atomic E-state index is 0.425. The van der Waals surface area contributed by atoms with Crippen molar-refractivity contribution in [3.63, 3.8) is 0 Å². The SMILES string of the molecule is CCC1CCCCC1Oc1ccccc1CBr. The maximum absolute atomic E-state index is 6.25. The van der Waals surface area contributed by atoms with Crippen LogP contribution < -0.4 is 4.74 Å². The predicted octanol–water partition coefficient (Wildman–Crippen LogP) is 4.93. The Morgan fingerprint density at radius 1 is 1.24 bits per heavy atom. The average molecular weight is 297 g/mol. The summed E-state index contributed by atoms with van der Waals surface area (Å²) in [5, 5.41) is 0.868. The van der Waals surface area contributed by atoms with Gasteiger partial charge in [0.05, 0.1) is 0 Å². The van der Waals surface area contributed by atoms with Crippen LogP contribution in [0.1, 0.15) is 44.6 Å². The van der Waals surface area contributed by atoms with Gasteiger partial charge >= 0.3 is 0 Å². The van der Waals surface area contributed by atoms with Crippen LogP contribution in [0.2, 0.25) is 0 Å². The standard InChI is InChI=1S/C15H21BrO/c1-2-12-7-3-5-9-14(12)17-15-10-6-4-8-13(15)11-16/h4,6,8,10,12,14H,2-3,5,7,9,11H2,1H3. The van der Waals surface area contributed by atoms with Crippen LogP contribution in [0.4, 0.5) is 0 Å². The van der Waals surface area contributed by atoms with Crippen molar-refractivity contribution in [1.82, 2.24) is 0 Å². The number of ether oxygens (including phenoxy) is 1. The Bertz CT molecular complexity index is 351. The molecule has 2 atom stereocenters. The smallest absolute Gasteiger partial charge is 0.123 e. The van der Waals surface area contributed by atoms with E-state index in [2.05, 4.69) is 47.1 Å². The van der Waals surface area contributed by atoms with E-state index in [0.717, 1.165) is 17.0 Å². The van der Waals surface area contributed by atoms with Gasteiger partial charge in [0.1, 0.15) is 11.9 Å². The van der Waals surface area contributed by atoms with Crippen molar-refractivity contribution in [3.8, 4) is 5.75 Å². The largest absolute Gasteiger partial charge is 0.490 e. The summed E-state index contributed by atoms with van der Waals surface area (Å²) in [6, 6.07) is 8.36. The van der Waals surface area contributed by atoms with Gasteiger partial charge in [0.2, 0.25) is 0 Å². The van der Waals surface area contributed by atoms with Crippen molar-refractivity contribution < 1.29 is 4.74 Å². The van der Waals surface area contributed by atoms with Gasteiger partial charge in [-0.05, 0) is 37.7 Å². The second kappa shape index (κ2) is 6.44. The molecule has 2 unspecified atom stereocenters. The number of rotatable bonds is 4. The maximum atomic E-state index is 6.25. The van der Waals surface area contributed by atoms with Crippen molar-refractivity contribution in [2.24, 2.45) is 5.92 Å². The first kappa shape index (κ1) is 12.9.